The summed E-state index contributed by atoms with van der Waals surface area (Å²) in [5.41, 5.74) is 0. The van der Waals surface area contributed by atoms with E-state index in [4.69, 9.17) is 21.1 Å². The molecular weight excluding hydrogens is 282 g/mol. The number of hydrogen-bond donors (Lipinski definition) is 2. The van der Waals surface area contributed by atoms with E-state index < -0.39 is 6.10 Å². The Morgan fingerprint density at radius 3 is 2.85 bits per heavy atom. The zero-order chi connectivity index (χ0) is 14.4. The highest BCUT2D eigenvalue weighted by Crippen LogP contribution is 2.16. The van der Waals surface area contributed by atoms with Crippen LogP contribution in [0.25, 0.3) is 0 Å². The molecule has 1 aromatic carbocycles. The Hall–Kier alpha value is -0.850. The number of nitrogens with zero attached hydrogens (tertiary/aromatic N) is 1. The summed E-state index contributed by atoms with van der Waals surface area (Å²) in [4.78, 5) is 2.03. The van der Waals surface area contributed by atoms with Crippen LogP contribution in [-0.2, 0) is 4.74 Å². The molecule has 0 unspecified atom stereocenters. The summed E-state index contributed by atoms with van der Waals surface area (Å²) in [6.07, 6.45) is -0.613. The number of rotatable bonds is 6. The molecule has 0 aromatic heterocycles. The number of halogens is 1. The lowest BCUT2D eigenvalue weighted by Crippen LogP contribution is -2.50. The summed E-state index contributed by atoms with van der Waals surface area (Å²) in [5.74, 6) is 0.675. The van der Waals surface area contributed by atoms with Crippen molar-refractivity contribution < 1.29 is 19.7 Å². The standard InChI is InChI=1S/C14H20ClNO4/c15-11-1-3-14(4-2-11)20-10-13(18)7-16-5-6-19-9-12(16)8-17/h1-4,12-13,17-18H,5-10H2/t12-,13-/m0/s1. The average Bonchev–Trinajstić information content (AvgIpc) is 2.47. The predicted octanol–water partition coefficient (Wildman–Crippen LogP) is 0.773. The van der Waals surface area contributed by atoms with Crippen molar-refractivity contribution in [2.24, 2.45) is 0 Å². The molecule has 1 fully saturated rings. The normalized spacial score (nSPS) is 21.6. The number of ether oxygens (including phenoxy) is 2. The van der Waals surface area contributed by atoms with Gasteiger partial charge in [0.15, 0.2) is 0 Å². The fraction of sp³-hybridized carbons (Fsp3) is 0.571. The number of hydrogen-bond acceptors (Lipinski definition) is 5. The Morgan fingerprint density at radius 2 is 2.15 bits per heavy atom. The molecule has 2 rings (SSSR count). The maximum atomic E-state index is 10.0. The molecule has 1 aliphatic heterocycles. The van der Waals surface area contributed by atoms with Crippen LogP contribution >= 0.6 is 11.6 Å². The third kappa shape index (κ3) is 4.61. The van der Waals surface area contributed by atoms with E-state index in [1.807, 2.05) is 4.90 Å². The van der Waals surface area contributed by atoms with Crippen LogP contribution < -0.4 is 4.74 Å². The maximum absolute atomic E-state index is 10.0. The van der Waals surface area contributed by atoms with E-state index in [0.29, 0.717) is 37.1 Å². The summed E-state index contributed by atoms with van der Waals surface area (Å²) in [6, 6.07) is 6.97. The van der Waals surface area contributed by atoms with Crippen LogP contribution in [0.5, 0.6) is 5.75 Å². The molecule has 1 aromatic rings. The SMILES string of the molecule is OC[C@H]1COCCN1C[C@H](O)COc1ccc(Cl)cc1. The number of β-amino-alcohol motifs (C(OH)–C–C–N with tert-alkyl or cyclic N) is 1. The van der Waals surface area contributed by atoms with Gasteiger partial charge >= 0.3 is 0 Å². The fourth-order valence-corrected chi connectivity index (χ4v) is 2.27. The van der Waals surface area contributed by atoms with Crippen molar-refractivity contribution in [3.8, 4) is 5.75 Å². The van der Waals surface area contributed by atoms with Gasteiger partial charge in [-0.1, -0.05) is 11.6 Å². The Labute approximate surface area is 123 Å². The molecular formula is C14H20ClNO4. The Morgan fingerprint density at radius 1 is 1.40 bits per heavy atom. The summed E-state index contributed by atoms with van der Waals surface area (Å²) in [5, 5.41) is 19.9. The number of morpholine rings is 1. The molecule has 1 aliphatic rings. The molecule has 0 aliphatic carbocycles. The third-order valence-electron chi connectivity index (χ3n) is 3.26. The smallest absolute Gasteiger partial charge is 0.119 e. The molecule has 0 radical (unpaired) electrons. The molecule has 6 heteroatoms. The van der Waals surface area contributed by atoms with E-state index in [2.05, 4.69) is 0 Å². The molecule has 0 bridgehead atoms. The lowest BCUT2D eigenvalue weighted by Gasteiger charge is -2.35. The minimum atomic E-state index is -0.613. The van der Waals surface area contributed by atoms with Gasteiger partial charge in [0.25, 0.3) is 0 Å². The van der Waals surface area contributed by atoms with Gasteiger partial charge in [-0.25, -0.2) is 0 Å². The van der Waals surface area contributed by atoms with E-state index in [1.165, 1.54) is 0 Å². The minimum absolute atomic E-state index is 0.0325. The van der Waals surface area contributed by atoms with Crippen LogP contribution in [0.15, 0.2) is 24.3 Å². The van der Waals surface area contributed by atoms with Crippen LogP contribution in [0.4, 0.5) is 0 Å². The van der Waals surface area contributed by atoms with Gasteiger partial charge in [-0.05, 0) is 24.3 Å². The van der Waals surface area contributed by atoms with Crippen molar-refractivity contribution in [3.63, 3.8) is 0 Å². The van der Waals surface area contributed by atoms with Crippen molar-refractivity contribution in [3.05, 3.63) is 29.3 Å². The van der Waals surface area contributed by atoms with E-state index in [9.17, 15) is 10.2 Å². The average molecular weight is 302 g/mol. The minimum Gasteiger partial charge on any atom is -0.491 e. The topological polar surface area (TPSA) is 62.2 Å². The highest BCUT2D eigenvalue weighted by molar-refractivity contribution is 6.30. The molecule has 0 amide bonds. The zero-order valence-corrected chi connectivity index (χ0v) is 12.0. The molecule has 5 nitrogen and oxygen atoms in total. The molecule has 1 saturated heterocycles. The quantitative estimate of drug-likeness (QED) is 0.813. The van der Waals surface area contributed by atoms with Crippen molar-refractivity contribution in [2.45, 2.75) is 12.1 Å². The summed E-state index contributed by atoms with van der Waals surface area (Å²) in [6.45, 7) is 2.54. The fourth-order valence-electron chi connectivity index (χ4n) is 2.14. The van der Waals surface area contributed by atoms with Crippen molar-refractivity contribution in [1.29, 1.82) is 0 Å². The zero-order valence-electron chi connectivity index (χ0n) is 11.2. The van der Waals surface area contributed by atoms with Crippen LogP contribution in [-0.4, -0.2) is 66.8 Å². The van der Waals surface area contributed by atoms with Gasteiger partial charge < -0.3 is 19.7 Å². The van der Waals surface area contributed by atoms with Crippen LogP contribution in [0, 0.1) is 0 Å². The highest BCUT2D eigenvalue weighted by atomic mass is 35.5. The Kier molecular flexibility index (Phi) is 6.06. The van der Waals surface area contributed by atoms with Gasteiger partial charge in [-0.2, -0.15) is 0 Å². The van der Waals surface area contributed by atoms with Gasteiger partial charge in [0.1, 0.15) is 18.5 Å². The van der Waals surface area contributed by atoms with Crippen LogP contribution in [0.3, 0.4) is 0 Å². The Balaban J connectivity index is 1.76. The maximum Gasteiger partial charge on any atom is 0.119 e. The monoisotopic (exact) mass is 301 g/mol. The molecule has 2 atom stereocenters. The molecule has 0 spiro atoms. The van der Waals surface area contributed by atoms with Gasteiger partial charge in [-0.3, -0.25) is 4.90 Å². The first-order valence-electron chi connectivity index (χ1n) is 6.68. The third-order valence-corrected chi connectivity index (χ3v) is 3.51. The summed E-state index contributed by atoms with van der Waals surface area (Å²) in [7, 11) is 0. The first-order valence-corrected chi connectivity index (χ1v) is 7.06. The van der Waals surface area contributed by atoms with E-state index in [1.54, 1.807) is 24.3 Å². The second-order valence-corrected chi connectivity index (χ2v) is 5.26. The Bertz CT molecular complexity index is 401. The summed E-state index contributed by atoms with van der Waals surface area (Å²) >= 11 is 5.79. The summed E-state index contributed by atoms with van der Waals surface area (Å²) < 4.78 is 10.8. The lowest BCUT2D eigenvalue weighted by molar-refractivity contribution is -0.0480. The van der Waals surface area contributed by atoms with Crippen LogP contribution in [0.2, 0.25) is 5.02 Å². The van der Waals surface area contributed by atoms with Gasteiger partial charge in [0, 0.05) is 18.1 Å². The number of aliphatic hydroxyl groups excluding tert-OH is 2. The number of benzene rings is 1. The van der Waals surface area contributed by atoms with Gasteiger partial charge in [-0.15, -0.1) is 0 Å². The lowest BCUT2D eigenvalue weighted by atomic mass is 10.2. The van der Waals surface area contributed by atoms with E-state index >= 15 is 0 Å². The molecule has 2 N–H and O–H groups in total. The van der Waals surface area contributed by atoms with Gasteiger partial charge in [0.05, 0.1) is 25.9 Å². The van der Waals surface area contributed by atoms with Crippen molar-refractivity contribution in [2.75, 3.05) is 39.5 Å². The molecule has 1 heterocycles. The van der Waals surface area contributed by atoms with Gasteiger partial charge in [0.2, 0.25) is 0 Å². The first kappa shape index (κ1) is 15.5. The van der Waals surface area contributed by atoms with Crippen molar-refractivity contribution in [1.82, 2.24) is 4.90 Å². The van der Waals surface area contributed by atoms with E-state index in [-0.39, 0.29) is 19.3 Å². The van der Waals surface area contributed by atoms with E-state index in [0.717, 1.165) is 0 Å². The second kappa shape index (κ2) is 7.81. The molecule has 0 saturated carbocycles. The first-order chi connectivity index (χ1) is 9.69. The molecule has 20 heavy (non-hydrogen) atoms. The largest absolute Gasteiger partial charge is 0.491 e. The van der Waals surface area contributed by atoms with Crippen LogP contribution in [0.1, 0.15) is 0 Å². The predicted molar refractivity (Wildman–Crippen MR) is 76.2 cm³/mol. The van der Waals surface area contributed by atoms with Crippen molar-refractivity contribution >= 4 is 11.6 Å². The number of aliphatic hydroxyl groups is 2. The second-order valence-electron chi connectivity index (χ2n) is 4.82. The molecule has 112 valence electrons. The highest BCUT2D eigenvalue weighted by Gasteiger charge is 2.24.